The molecule has 0 aliphatic carbocycles. The van der Waals surface area contributed by atoms with Gasteiger partial charge < -0.3 is 26.2 Å². The van der Waals surface area contributed by atoms with Crippen molar-refractivity contribution in [2.45, 2.75) is 6.54 Å². The topological polar surface area (TPSA) is 129 Å². The van der Waals surface area contributed by atoms with E-state index >= 15 is 0 Å². The Balaban J connectivity index is 1.49. The zero-order valence-electron chi connectivity index (χ0n) is 16.9. The molecule has 2 amide bonds. The van der Waals surface area contributed by atoms with Crippen LogP contribution in [0.1, 0.15) is 15.9 Å². The zero-order valence-corrected chi connectivity index (χ0v) is 16.9. The highest BCUT2D eigenvalue weighted by Gasteiger charge is 2.21. The van der Waals surface area contributed by atoms with Crippen LogP contribution in [0.15, 0.2) is 47.7 Å². The van der Waals surface area contributed by atoms with E-state index in [0.29, 0.717) is 12.1 Å². The Kier molecular flexibility index (Phi) is 7.14. The van der Waals surface area contributed by atoms with Crippen LogP contribution in [-0.4, -0.2) is 72.4 Å². The Hall–Kier alpha value is -3.69. The Bertz CT molecular complexity index is 877. The maximum Gasteiger partial charge on any atom is 0.251 e. The molecule has 0 bridgehead atoms. The van der Waals surface area contributed by atoms with Crippen molar-refractivity contribution in [1.29, 1.82) is 0 Å². The van der Waals surface area contributed by atoms with Crippen molar-refractivity contribution in [1.82, 2.24) is 25.5 Å². The minimum absolute atomic E-state index is 0.178. The number of rotatable bonds is 6. The molecule has 1 saturated heterocycles. The number of nitrogens with zero attached hydrogens (tertiary/aromatic N) is 5. The lowest BCUT2D eigenvalue weighted by molar-refractivity contribution is -0.117. The summed E-state index contributed by atoms with van der Waals surface area (Å²) in [7, 11) is 1.77. The molecule has 2 heterocycles. The van der Waals surface area contributed by atoms with E-state index < -0.39 is 5.91 Å². The number of aliphatic imine (C=N–C) groups is 1. The number of anilines is 1. The molecule has 0 radical (unpaired) electrons. The smallest absolute Gasteiger partial charge is 0.251 e. The lowest BCUT2D eigenvalue weighted by Crippen LogP contribution is -2.52. The molecule has 10 heteroatoms. The Morgan fingerprint density at radius 3 is 2.33 bits per heavy atom. The average molecular weight is 410 g/mol. The number of carbonyl (C=O) groups is 2. The number of nitrogens with two attached hydrogens (primary N) is 1. The first-order chi connectivity index (χ1) is 14.6. The van der Waals surface area contributed by atoms with E-state index in [1.54, 1.807) is 31.6 Å². The molecule has 2 aromatic rings. The second kappa shape index (κ2) is 10.2. The summed E-state index contributed by atoms with van der Waals surface area (Å²) in [4.78, 5) is 40.1. The number of benzene rings is 1. The largest absolute Gasteiger partial charge is 0.368 e. The standard InChI is InChI=1S/C20H26N8O2/c1-22-19(27-9-11-28(12-10-27)20-23-7-2-8-24-20)26-13-15-3-5-16(6-4-15)18(30)25-14-17(21)29/h2-8H,9-14H2,1H3,(H2,21,29)(H,22,26)(H,25,30). The second-order valence-corrected chi connectivity index (χ2v) is 6.77. The highest BCUT2D eigenvalue weighted by molar-refractivity contribution is 5.96. The minimum atomic E-state index is -0.576. The first-order valence-corrected chi connectivity index (χ1v) is 9.70. The molecule has 1 fully saturated rings. The summed E-state index contributed by atoms with van der Waals surface area (Å²) >= 11 is 0. The van der Waals surface area contributed by atoms with Crippen LogP contribution in [0, 0.1) is 0 Å². The van der Waals surface area contributed by atoms with Gasteiger partial charge in [-0.05, 0) is 23.8 Å². The number of nitrogens with one attached hydrogen (secondary N) is 2. The van der Waals surface area contributed by atoms with E-state index in [-0.39, 0.29) is 12.5 Å². The maximum absolute atomic E-state index is 11.9. The molecule has 10 nitrogen and oxygen atoms in total. The van der Waals surface area contributed by atoms with Gasteiger partial charge in [0.25, 0.3) is 5.91 Å². The number of hydrogen-bond donors (Lipinski definition) is 3. The van der Waals surface area contributed by atoms with Crippen LogP contribution < -0.4 is 21.3 Å². The predicted molar refractivity (Wildman–Crippen MR) is 114 cm³/mol. The van der Waals surface area contributed by atoms with Gasteiger partial charge in [0.2, 0.25) is 11.9 Å². The highest BCUT2D eigenvalue weighted by Crippen LogP contribution is 2.10. The summed E-state index contributed by atoms with van der Waals surface area (Å²) in [6, 6.07) is 8.98. The van der Waals surface area contributed by atoms with Gasteiger partial charge in [-0.2, -0.15) is 0 Å². The van der Waals surface area contributed by atoms with Gasteiger partial charge in [0.05, 0.1) is 6.54 Å². The van der Waals surface area contributed by atoms with Crippen molar-refractivity contribution in [2.75, 3.05) is 44.7 Å². The molecule has 0 unspecified atom stereocenters. The SMILES string of the molecule is CN=C(NCc1ccc(C(=O)NCC(N)=O)cc1)N1CCN(c2ncccn2)CC1. The van der Waals surface area contributed by atoms with Gasteiger partial charge in [-0.3, -0.25) is 14.6 Å². The molecule has 0 spiro atoms. The quantitative estimate of drug-likeness (QED) is 0.436. The van der Waals surface area contributed by atoms with Crippen molar-refractivity contribution in [2.24, 2.45) is 10.7 Å². The molecule has 0 atom stereocenters. The summed E-state index contributed by atoms with van der Waals surface area (Å²) in [5.41, 5.74) is 6.53. The monoisotopic (exact) mass is 410 g/mol. The molecule has 30 heavy (non-hydrogen) atoms. The normalized spacial score (nSPS) is 14.4. The Labute approximate surface area is 175 Å². The maximum atomic E-state index is 11.9. The van der Waals surface area contributed by atoms with E-state index in [4.69, 9.17) is 5.73 Å². The van der Waals surface area contributed by atoms with Gasteiger partial charge in [0, 0.05) is 57.7 Å². The number of amides is 2. The number of primary amides is 1. The Morgan fingerprint density at radius 1 is 1.07 bits per heavy atom. The van der Waals surface area contributed by atoms with Crippen LogP contribution in [0.4, 0.5) is 5.95 Å². The van der Waals surface area contributed by atoms with Gasteiger partial charge in [-0.1, -0.05) is 12.1 Å². The molecule has 3 rings (SSSR count). The molecule has 1 aromatic carbocycles. The lowest BCUT2D eigenvalue weighted by Gasteiger charge is -2.36. The average Bonchev–Trinajstić information content (AvgIpc) is 2.79. The number of guanidine groups is 1. The van der Waals surface area contributed by atoms with Crippen LogP contribution in [0.25, 0.3) is 0 Å². The predicted octanol–water partition coefficient (Wildman–Crippen LogP) is -0.411. The van der Waals surface area contributed by atoms with Crippen molar-refractivity contribution < 1.29 is 9.59 Å². The van der Waals surface area contributed by atoms with E-state index in [0.717, 1.165) is 43.7 Å². The van der Waals surface area contributed by atoms with Gasteiger partial charge in [-0.25, -0.2) is 9.97 Å². The van der Waals surface area contributed by atoms with Gasteiger partial charge in [0.1, 0.15) is 0 Å². The zero-order chi connectivity index (χ0) is 21.3. The van der Waals surface area contributed by atoms with E-state index in [1.165, 1.54) is 0 Å². The van der Waals surface area contributed by atoms with E-state index in [2.05, 4.69) is 35.4 Å². The van der Waals surface area contributed by atoms with Crippen LogP contribution in [0.2, 0.25) is 0 Å². The summed E-state index contributed by atoms with van der Waals surface area (Å²) in [6.45, 7) is 3.67. The molecule has 1 aromatic heterocycles. The van der Waals surface area contributed by atoms with Crippen LogP contribution in [0.3, 0.4) is 0 Å². The molecular weight excluding hydrogens is 384 g/mol. The summed E-state index contributed by atoms with van der Waals surface area (Å²) in [5.74, 6) is 0.670. The number of hydrogen-bond acceptors (Lipinski definition) is 6. The number of carbonyl (C=O) groups excluding carboxylic acids is 2. The van der Waals surface area contributed by atoms with Crippen LogP contribution >= 0.6 is 0 Å². The third-order valence-corrected chi connectivity index (χ3v) is 4.72. The first kappa shape index (κ1) is 21.0. The van der Waals surface area contributed by atoms with E-state index in [9.17, 15) is 9.59 Å². The van der Waals surface area contributed by atoms with Crippen molar-refractivity contribution >= 4 is 23.7 Å². The molecule has 1 aliphatic rings. The third-order valence-electron chi connectivity index (χ3n) is 4.72. The third kappa shape index (κ3) is 5.66. The minimum Gasteiger partial charge on any atom is -0.368 e. The second-order valence-electron chi connectivity index (χ2n) is 6.77. The van der Waals surface area contributed by atoms with Gasteiger partial charge in [-0.15, -0.1) is 0 Å². The lowest BCUT2D eigenvalue weighted by atomic mass is 10.1. The Morgan fingerprint density at radius 2 is 1.73 bits per heavy atom. The summed E-state index contributed by atoms with van der Waals surface area (Å²) in [6.07, 6.45) is 3.50. The molecule has 1 aliphatic heterocycles. The fraction of sp³-hybridized carbons (Fsp3) is 0.350. The van der Waals surface area contributed by atoms with Gasteiger partial charge in [0.15, 0.2) is 5.96 Å². The number of piperazine rings is 1. The van der Waals surface area contributed by atoms with E-state index in [1.807, 2.05) is 18.2 Å². The summed E-state index contributed by atoms with van der Waals surface area (Å²) in [5, 5.41) is 5.83. The van der Waals surface area contributed by atoms with Gasteiger partial charge >= 0.3 is 0 Å². The fourth-order valence-electron chi connectivity index (χ4n) is 3.13. The fourth-order valence-corrected chi connectivity index (χ4v) is 3.13. The molecule has 158 valence electrons. The van der Waals surface area contributed by atoms with Crippen molar-refractivity contribution in [3.63, 3.8) is 0 Å². The van der Waals surface area contributed by atoms with Crippen molar-refractivity contribution in [3.05, 3.63) is 53.9 Å². The molecule has 0 saturated carbocycles. The number of aromatic nitrogens is 2. The molecular formula is C20H26N8O2. The van der Waals surface area contributed by atoms with Crippen LogP contribution in [0.5, 0.6) is 0 Å². The summed E-state index contributed by atoms with van der Waals surface area (Å²) < 4.78 is 0. The van der Waals surface area contributed by atoms with Crippen molar-refractivity contribution in [3.8, 4) is 0 Å². The van der Waals surface area contributed by atoms with Crippen LogP contribution in [-0.2, 0) is 11.3 Å². The highest BCUT2D eigenvalue weighted by atomic mass is 16.2. The molecule has 4 N–H and O–H groups in total. The first-order valence-electron chi connectivity index (χ1n) is 9.70.